The average molecular weight is 384 g/mol. The highest BCUT2D eigenvalue weighted by Crippen LogP contribution is 2.54. The van der Waals surface area contributed by atoms with Gasteiger partial charge in [0.05, 0.1) is 49.6 Å². The van der Waals surface area contributed by atoms with Gasteiger partial charge in [0.15, 0.2) is 5.41 Å². The van der Waals surface area contributed by atoms with Crippen LogP contribution in [0.3, 0.4) is 0 Å². The molecule has 1 aliphatic carbocycles. The van der Waals surface area contributed by atoms with Crippen molar-refractivity contribution in [1.29, 1.82) is 21.2 Å². The Morgan fingerprint density at radius 2 is 1.82 bits per heavy atom. The molecule has 1 aromatic rings. The van der Waals surface area contributed by atoms with Gasteiger partial charge in [-0.2, -0.15) is 29.0 Å². The summed E-state index contributed by atoms with van der Waals surface area (Å²) in [6, 6.07) is 10.5. The first-order chi connectivity index (χ1) is 13.2. The monoisotopic (exact) mass is 384 g/mol. The number of nitriles is 3. The number of nitrogens with one attached hydrogen (secondary N) is 2. The van der Waals surface area contributed by atoms with Gasteiger partial charge < -0.3 is 10.3 Å². The summed E-state index contributed by atoms with van der Waals surface area (Å²) in [6.07, 6.45) is -2.90. The smallest absolute Gasteiger partial charge is 0.334 e. The summed E-state index contributed by atoms with van der Waals surface area (Å²) >= 11 is 0. The van der Waals surface area contributed by atoms with E-state index in [0.29, 0.717) is 18.7 Å². The maximum atomic E-state index is 13.7. The maximum Gasteiger partial charge on any atom is 0.416 e. The van der Waals surface area contributed by atoms with Crippen LogP contribution in [0.2, 0.25) is 0 Å². The minimum absolute atomic E-state index is 0.176. The average Bonchev–Trinajstić information content (AvgIpc) is 2.67. The van der Waals surface area contributed by atoms with Crippen LogP contribution in [0, 0.1) is 56.7 Å². The topological polar surface area (TPSA) is 99.7 Å². The van der Waals surface area contributed by atoms with Crippen molar-refractivity contribution >= 4 is 5.71 Å². The molecule has 28 heavy (non-hydrogen) atoms. The van der Waals surface area contributed by atoms with E-state index in [9.17, 15) is 29.0 Å². The summed E-state index contributed by atoms with van der Waals surface area (Å²) in [5.41, 5.74) is -3.13. The third kappa shape index (κ3) is 2.76. The molecule has 0 amide bonds. The molecule has 3 rings (SSSR count). The standard InChI is InChI=1S/C20H16F3N5/c1-28-7-6-12-14(8-24)18(27)19(10-25,11-26)17(15(12)9-28)13-4-2-3-5-16(13)20(21,22)23/h2-6,14-15,17,27H,7,9H2,1H3/p+1/t14?,15-,17-/m0/s1. The van der Waals surface area contributed by atoms with Gasteiger partial charge in [-0.05, 0) is 23.3 Å². The van der Waals surface area contributed by atoms with Gasteiger partial charge in [0, 0.05) is 11.8 Å². The van der Waals surface area contributed by atoms with Crippen molar-refractivity contribution in [3.63, 3.8) is 0 Å². The number of hydrogen-bond donors (Lipinski definition) is 2. The van der Waals surface area contributed by atoms with Crippen LogP contribution in [0.4, 0.5) is 13.2 Å². The molecule has 0 aromatic heterocycles. The third-order valence-electron chi connectivity index (χ3n) is 5.68. The lowest BCUT2D eigenvalue weighted by atomic mass is 9.54. The normalized spacial score (nSPS) is 28.9. The van der Waals surface area contributed by atoms with Crippen LogP contribution in [-0.4, -0.2) is 25.8 Å². The molecule has 1 fully saturated rings. The van der Waals surface area contributed by atoms with Crippen molar-refractivity contribution in [2.75, 3.05) is 20.1 Å². The number of likely N-dealkylation sites (N-methyl/N-ethyl adjacent to an activating group) is 1. The molecular formula is C20H17F3N5+. The van der Waals surface area contributed by atoms with Gasteiger partial charge in [-0.1, -0.05) is 18.2 Å². The number of halogens is 3. The van der Waals surface area contributed by atoms with Crippen LogP contribution < -0.4 is 4.90 Å². The van der Waals surface area contributed by atoms with E-state index >= 15 is 0 Å². The fourth-order valence-corrected chi connectivity index (χ4v) is 4.43. The largest absolute Gasteiger partial charge is 0.416 e. The van der Waals surface area contributed by atoms with Crippen LogP contribution in [0.25, 0.3) is 0 Å². The van der Waals surface area contributed by atoms with E-state index in [0.717, 1.165) is 11.0 Å². The lowest BCUT2D eigenvalue weighted by Crippen LogP contribution is -3.10. The van der Waals surface area contributed by atoms with Crippen LogP contribution in [0.5, 0.6) is 0 Å². The van der Waals surface area contributed by atoms with Gasteiger partial charge in [-0.3, -0.25) is 0 Å². The van der Waals surface area contributed by atoms with Gasteiger partial charge in [0.25, 0.3) is 0 Å². The zero-order valence-electron chi connectivity index (χ0n) is 15.0. The highest BCUT2D eigenvalue weighted by atomic mass is 19.4. The Labute approximate surface area is 160 Å². The van der Waals surface area contributed by atoms with E-state index in [1.165, 1.54) is 18.2 Å². The fraction of sp³-hybridized carbons (Fsp3) is 0.400. The van der Waals surface area contributed by atoms with E-state index in [-0.39, 0.29) is 5.56 Å². The molecular weight excluding hydrogens is 367 g/mol. The van der Waals surface area contributed by atoms with Crippen molar-refractivity contribution in [2.24, 2.45) is 17.3 Å². The molecule has 4 atom stereocenters. The van der Waals surface area contributed by atoms with E-state index in [1.807, 2.05) is 25.3 Å². The minimum Gasteiger partial charge on any atom is -0.334 e. The molecule has 1 saturated carbocycles. The molecule has 8 heteroatoms. The van der Waals surface area contributed by atoms with Crippen LogP contribution >= 0.6 is 0 Å². The third-order valence-corrected chi connectivity index (χ3v) is 5.68. The SMILES string of the molecule is C[NH+]1CC=C2C(C#N)C(=N)C(C#N)(C#N)[C@@H](c3ccccc3C(F)(F)F)[C@H]2C1. The maximum absolute atomic E-state index is 13.7. The number of rotatable bonds is 1. The quantitative estimate of drug-likeness (QED) is 0.725. The van der Waals surface area contributed by atoms with Crippen LogP contribution in [-0.2, 0) is 6.18 Å². The summed E-state index contributed by atoms with van der Waals surface area (Å²) < 4.78 is 41.1. The van der Waals surface area contributed by atoms with Gasteiger partial charge in [0.2, 0.25) is 0 Å². The summed E-state index contributed by atoms with van der Waals surface area (Å²) in [5, 5.41) is 37.8. The van der Waals surface area contributed by atoms with Crippen LogP contribution in [0.15, 0.2) is 35.9 Å². The van der Waals surface area contributed by atoms with E-state index < -0.39 is 40.6 Å². The molecule has 0 saturated heterocycles. The minimum atomic E-state index is -4.67. The van der Waals surface area contributed by atoms with Crippen molar-refractivity contribution < 1.29 is 18.1 Å². The first kappa shape index (κ1) is 19.6. The zero-order valence-corrected chi connectivity index (χ0v) is 15.0. The van der Waals surface area contributed by atoms with Gasteiger partial charge in [-0.15, -0.1) is 0 Å². The van der Waals surface area contributed by atoms with E-state index in [4.69, 9.17) is 5.41 Å². The fourth-order valence-electron chi connectivity index (χ4n) is 4.43. The summed E-state index contributed by atoms with van der Waals surface area (Å²) in [7, 11) is 1.86. The molecule has 142 valence electrons. The summed E-state index contributed by atoms with van der Waals surface area (Å²) in [6.45, 7) is 0.941. The number of benzene rings is 1. The predicted octanol–water partition coefficient (Wildman–Crippen LogP) is 2.07. The van der Waals surface area contributed by atoms with Crippen molar-refractivity contribution in [3.8, 4) is 18.2 Å². The van der Waals surface area contributed by atoms with Gasteiger partial charge in [0.1, 0.15) is 5.92 Å². The molecule has 2 aliphatic rings. The predicted molar refractivity (Wildman–Crippen MR) is 92.9 cm³/mol. The number of quaternary nitrogens is 1. The molecule has 1 heterocycles. The molecule has 2 N–H and O–H groups in total. The van der Waals surface area contributed by atoms with E-state index in [2.05, 4.69) is 0 Å². The molecule has 0 spiro atoms. The molecule has 1 aromatic carbocycles. The first-order valence-electron chi connectivity index (χ1n) is 8.69. The summed E-state index contributed by atoms with van der Waals surface area (Å²) in [5.74, 6) is -2.87. The lowest BCUT2D eigenvalue weighted by Gasteiger charge is -2.46. The molecule has 1 aliphatic heterocycles. The number of nitrogens with zero attached hydrogens (tertiary/aromatic N) is 3. The highest BCUT2D eigenvalue weighted by molar-refractivity contribution is 6.00. The lowest BCUT2D eigenvalue weighted by molar-refractivity contribution is -0.878. The highest BCUT2D eigenvalue weighted by Gasteiger charge is 2.59. The second kappa shape index (κ2) is 6.78. The Bertz CT molecular complexity index is 959. The second-order valence-corrected chi connectivity index (χ2v) is 7.25. The van der Waals surface area contributed by atoms with E-state index in [1.54, 1.807) is 6.08 Å². The van der Waals surface area contributed by atoms with Crippen molar-refractivity contribution in [3.05, 3.63) is 47.0 Å². The molecule has 5 nitrogen and oxygen atoms in total. The molecule has 0 bridgehead atoms. The Kier molecular flexibility index (Phi) is 4.75. The summed E-state index contributed by atoms with van der Waals surface area (Å²) in [4.78, 5) is 0.998. The van der Waals surface area contributed by atoms with Crippen molar-refractivity contribution in [2.45, 2.75) is 12.1 Å². The zero-order chi connectivity index (χ0) is 20.7. The molecule has 2 unspecified atom stereocenters. The number of fused-ring (bicyclic) bond motifs is 1. The first-order valence-corrected chi connectivity index (χ1v) is 8.69. The Morgan fingerprint density at radius 1 is 1.18 bits per heavy atom. The second-order valence-electron chi connectivity index (χ2n) is 7.25. The Balaban J connectivity index is 2.35. The van der Waals surface area contributed by atoms with Gasteiger partial charge >= 0.3 is 6.18 Å². The van der Waals surface area contributed by atoms with Crippen molar-refractivity contribution in [1.82, 2.24) is 0 Å². The number of alkyl halides is 3. The van der Waals surface area contributed by atoms with Gasteiger partial charge in [-0.25, -0.2) is 0 Å². The molecule has 0 radical (unpaired) electrons. The Hall–Kier alpha value is -3.15. The Morgan fingerprint density at radius 3 is 2.39 bits per heavy atom. The van der Waals surface area contributed by atoms with Crippen LogP contribution in [0.1, 0.15) is 17.0 Å². The number of hydrogen-bond acceptors (Lipinski definition) is 4.